The zero-order chi connectivity index (χ0) is 20.0. The molecule has 0 aliphatic rings. The van der Waals surface area contributed by atoms with Gasteiger partial charge in [0, 0.05) is 6.42 Å². The fourth-order valence-electron chi connectivity index (χ4n) is 2.62. The van der Waals surface area contributed by atoms with E-state index in [9.17, 15) is 4.79 Å². The number of rotatable bonds is 18. The molecule has 4 heteroatoms. The fraction of sp³-hybridized carbons (Fsp3) is 0.696. The van der Waals surface area contributed by atoms with Crippen LogP contribution in [-0.2, 0) is 9.53 Å². The van der Waals surface area contributed by atoms with Crippen molar-refractivity contribution in [1.29, 1.82) is 0 Å². The molecule has 0 aliphatic heterocycles. The fourth-order valence-corrected chi connectivity index (χ4v) is 2.62. The van der Waals surface area contributed by atoms with Gasteiger partial charge in [0.25, 0.3) is 0 Å². The summed E-state index contributed by atoms with van der Waals surface area (Å²) in [6.07, 6.45) is 25.2. The lowest BCUT2D eigenvalue weighted by atomic mass is 10.1. The maximum absolute atomic E-state index is 11.5. The average Bonchev–Trinajstić information content (AvgIpc) is 2.68. The molecule has 4 nitrogen and oxygen atoms in total. The second kappa shape index (κ2) is 20.9. The number of aliphatic hydroxyl groups is 2. The van der Waals surface area contributed by atoms with Crippen LogP contribution < -0.4 is 0 Å². The molecular formula is C23H40O4. The van der Waals surface area contributed by atoms with Crippen molar-refractivity contribution in [2.75, 3.05) is 13.2 Å². The van der Waals surface area contributed by atoms with Crippen molar-refractivity contribution in [1.82, 2.24) is 0 Å². The molecule has 0 atom stereocenters. The van der Waals surface area contributed by atoms with Gasteiger partial charge in [-0.1, -0.05) is 75.5 Å². The first-order valence-corrected chi connectivity index (χ1v) is 10.6. The van der Waals surface area contributed by atoms with Gasteiger partial charge in [0.15, 0.2) is 0 Å². The molecule has 0 heterocycles. The summed E-state index contributed by atoms with van der Waals surface area (Å²) in [5.41, 5.74) is 0. The van der Waals surface area contributed by atoms with Crippen LogP contribution in [0.2, 0.25) is 0 Å². The summed E-state index contributed by atoms with van der Waals surface area (Å²) in [6, 6.07) is 0. The molecule has 0 saturated heterocycles. The maximum atomic E-state index is 11.5. The molecule has 27 heavy (non-hydrogen) atoms. The highest BCUT2D eigenvalue weighted by Gasteiger charge is 2.11. The van der Waals surface area contributed by atoms with E-state index in [0.717, 1.165) is 44.9 Å². The van der Waals surface area contributed by atoms with Gasteiger partial charge in [-0.3, -0.25) is 4.79 Å². The Bertz CT molecular complexity index is 409. The van der Waals surface area contributed by atoms with Gasteiger partial charge in [0.1, 0.15) is 6.10 Å². The largest absolute Gasteiger partial charge is 0.457 e. The molecular weight excluding hydrogens is 340 g/mol. The minimum absolute atomic E-state index is 0.329. The summed E-state index contributed by atoms with van der Waals surface area (Å²) in [7, 11) is 0. The molecule has 0 rings (SSSR count). The monoisotopic (exact) mass is 380 g/mol. The lowest BCUT2D eigenvalue weighted by molar-refractivity contribution is -0.153. The van der Waals surface area contributed by atoms with Crippen LogP contribution in [0.3, 0.4) is 0 Å². The lowest BCUT2D eigenvalue weighted by Crippen LogP contribution is -2.25. The van der Waals surface area contributed by atoms with Crippen molar-refractivity contribution in [2.24, 2.45) is 0 Å². The number of unbranched alkanes of at least 4 members (excludes halogenated alkanes) is 7. The molecule has 0 radical (unpaired) electrons. The highest BCUT2D eigenvalue weighted by molar-refractivity contribution is 5.69. The first-order chi connectivity index (χ1) is 13.2. The molecule has 0 aliphatic carbocycles. The SMILES string of the molecule is CC/C=C\C/C=C\C/C=C\CCCCCCCCCC(=O)OC(CO)CO. The maximum Gasteiger partial charge on any atom is 0.306 e. The van der Waals surface area contributed by atoms with Crippen molar-refractivity contribution < 1.29 is 19.7 Å². The minimum Gasteiger partial charge on any atom is -0.457 e. The predicted octanol–water partition coefficient (Wildman–Crippen LogP) is 5.25. The second-order valence-corrected chi connectivity index (χ2v) is 6.78. The Kier molecular flexibility index (Phi) is 19.8. The Morgan fingerprint density at radius 2 is 1.30 bits per heavy atom. The van der Waals surface area contributed by atoms with Gasteiger partial charge in [-0.2, -0.15) is 0 Å². The molecule has 0 aromatic rings. The van der Waals surface area contributed by atoms with Gasteiger partial charge in [-0.15, -0.1) is 0 Å². The molecule has 0 spiro atoms. The Morgan fingerprint density at radius 1 is 0.778 bits per heavy atom. The van der Waals surface area contributed by atoms with E-state index >= 15 is 0 Å². The van der Waals surface area contributed by atoms with E-state index < -0.39 is 6.10 Å². The molecule has 0 fully saturated rings. The summed E-state index contributed by atoms with van der Waals surface area (Å²) in [4.78, 5) is 11.5. The molecule has 0 aromatic heterocycles. The normalized spacial score (nSPS) is 12.1. The molecule has 0 bridgehead atoms. The van der Waals surface area contributed by atoms with Crippen molar-refractivity contribution in [3.8, 4) is 0 Å². The first-order valence-electron chi connectivity index (χ1n) is 10.6. The minimum atomic E-state index is -0.773. The third-order valence-electron chi connectivity index (χ3n) is 4.24. The van der Waals surface area contributed by atoms with Crippen LogP contribution in [-0.4, -0.2) is 35.5 Å². The van der Waals surface area contributed by atoms with Crippen molar-refractivity contribution in [3.05, 3.63) is 36.5 Å². The average molecular weight is 381 g/mol. The van der Waals surface area contributed by atoms with Gasteiger partial charge in [-0.25, -0.2) is 0 Å². The van der Waals surface area contributed by atoms with E-state index in [-0.39, 0.29) is 19.2 Å². The highest BCUT2D eigenvalue weighted by Crippen LogP contribution is 2.11. The number of hydrogen-bond donors (Lipinski definition) is 2. The van der Waals surface area contributed by atoms with E-state index in [0.29, 0.717) is 6.42 Å². The number of aliphatic hydroxyl groups excluding tert-OH is 2. The van der Waals surface area contributed by atoms with E-state index in [1.807, 2.05) is 0 Å². The van der Waals surface area contributed by atoms with Crippen LogP contribution in [0.4, 0.5) is 0 Å². The molecule has 0 aromatic carbocycles. The number of esters is 1. The number of ether oxygens (including phenoxy) is 1. The topological polar surface area (TPSA) is 66.8 Å². The van der Waals surface area contributed by atoms with Gasteiger partial charge < -0.3 is 14.9 Å². The summed E-state index contributed by atoms with van der Waals surface area (Å²) in [5.74, 6) is -0.331. The summed E-state index contributed by atoms with van der Waals surface area (Å²) < 4.78 is 4.93. The summed E-state index contributed by atoms with van der Waals surface area (Å²) in [5, 5.41) is 17.7. The molecule has 0 saturated carbocycles. The van der Waals surface area contributed by atoms with Gasteiger partial charge in [0.2, 0.25) is 0 Å². The Hall–Kier alpha value is -1.39. The van der Waals surface area contributed by atoms with Crippen LogP contribution in [0.5, 0.6) is 0 Å². The molecule has 2 N–H and O–H groups in total. The van der Waals surface area contributed by atoms with E-state index in [4.69, 9.17) is 14.9 Å². The van der Waals surface area contributed by atoms with E-state index in [1.54, 1.807) is 0 Å². The smallest absolute Gasteiger partial charge is 0.306 e. The van der Waals surface area contributed by atoms with Crippen LogP contribution in [0.15, 0.2) is 36.5 Å². The summed E-state index contributed by atoms with van der Waals surface area (Å²) >= 11 is 0. The highest BCUT2D eigenvalue weighted by atomic mass is 16.6. The Labute approximate surface area is 166 Å². The van der Waals surface area contributed by atoms with Gasteiger partial charge in [-0.05, 0) is 38.5 Å². The van der Waals surface area contributed by atoms with Crippen LogP contribution in [0.25, 0.3) is 0 Å². The van der Waals surface area contributed by atoms with Crippen molar-refractivity contribution in [2.45, 2.75) is 90.1 Å². The van der Waals surface area contributed by atoms with Crippen LogP contribution in [0.1, 0.15) is 84.0 Å². The zero-order valence-electron chi connectivity index (χ0n) is 17.2. The third kappa shape index (κ3) is 19.2. The second-order valence-electron chi connectivity index (χ2n) is 6.78. The molecule has 0 amide bonds. The Morgan fingerprint density at radius 3 is 1.89 bits per heavy atom. The Balaban J connectivity index is 3.34. The lowest BCUT2D eigenvalue weighted by Gasteiger charge is -2.12. The van der Waals surface area contributed by atoms with Crippen LogP contribution in [0, 0.1) is 0 Å². The predicted molar refractivity (Wildman–Crippen MR) is 113 cm³/mol. The van der Waals surface area contributed by atoms with Crippen molar-refractivity contribution >= 4 is 5.97 Å². The van der Waals surface area contributed by atoms with Gasteiger partial charge in [0.05, 0.1) is 13.2 Å². The quantitative estimate of drug-likeness (QED) is 0.193. The van der Waals surface area contributed by atoms with Crippen LogP contribution >= 0.6 is 0 Å². The number of allylic oxidation sites excluding steroid dienone is 6. The zero-order valence-corrected chi connectivity index (χ0v) is 17.2. The standard InChI is InChI=1S/C23H40O4/c1-2-3-4-5-6-7-8-9-10-11-12-13-14-15-16-17-18-19-23(26)27-22(20-24)21-25/h3-4,6-7,9-10,22,24-25H,2,5,8,11-21H2,1H3/b4-3-,7-6-,10-9-. The number of carbonyl (C=O) groups is 1. The first kappa shape index (κ1) is 25.6. The van der Waals surface area contributed by atoms with Gasteiger partial charge >= 0.3 is 5.97 Å². The third-order valence-corrected chi connectivity index (χ3v) is 4.24. The number of hydrogen-bond acceptors (Lipinski definition) is 4. The van der Waals surface area contributed by atoms with E-state index in [2.05, 4.69) is 43.4 Å². The molecule has 156 valence electrons. The summed E-state index contributed by atoms with van der Waals surface area (Å²) in [6.45, 7) is 1.49. The van der Waals surface area contributed by atoms with Crippen molar-refractivity contribution in [3.63, 3.8) is 0 Å². The number of carbonyl (C=O) groups excluding carboxylic acids is 1. The molecule has 0 unspecified atom stereocenters. The van der Waals surface area contributed by atoms with E-state index in [1.165, 1.54) is 25.7 Å².